The van der Waals surface area contributed by atoms with Crippen molar-refractivity contribution in [2.45, 2.75) is 43.4 Å². The Morgan fingerprint density at radius 2 is 2.13 bits per heavy atom. The standard InChI is InChI=1S/C21H23N5O4S/c1-31(28,29)15-6-4-5-14(9-15)26-19-12-30-11-17(16(19)10-23-26)24-21(27)20-18-7-2-3-8-25(18)13-22-20/h4-6,9-10,13,17H,2-3,7-8,11-12H2,1H3,(H,24,27)/t17-/m1/s1. The zero-order chi connectivity index (χ0) is 21.6. The van der Waals surface area contributed by atoms with Gasteiger partial charge in [0.1, 0.15) is 5.69 Å². The second kappa shape index (κ2) is 7.61. The summed E-state index contributed by atoms with van der Waals surface area (Å²) in [5.74, 6) is -0.219. The number of rotatable bonds is 4. The van der Waals surface area contributed by atoms with E-state index in [1.165, 1.54) is 6.26 Å². The summed E-state index contributed by atoms with van der Waals surface area (Å²) < 4.78 is 33.3. The van der Waals surface area contributed by atoms with Crippen LogP contribution in [0, 0.1) is 0 Å². The van der Waals surface area contributed by atoms with E-state index < -0.39 is 9.84 Å². The highest BCUT2D eigenvalue weighted by molar-refractivity contribution is 7.90. The molecule has 2 aromatic heterocycles. The zero-order valence-electron chi connectivity index (χ0n) is 17.1. The molecule has 9 nitrogen and oxygen atoms in total. The normalized spacial score (nSPS) is 18.3. The molecule has 0 spiro atoms. The monoisotopic (exact) mass is 441 g/mol. The largest absolute Gasteiger partial charge is 0.373 e. The number of hydrogen-bond donors (Lipinski definition) is 1. The third kappa shape index (κ3) is 3.66. The molecular weight excluding hydrogens is 418 g/mol. The molecule has 4 heterocycles. The lowest BCUT2D eigenvalue weighted by molar-refractivity contribution is 0.0684. The molecule has 1 atom stereocenters. The maximum Gasteiger partial charge on any atom is 0.272 e. The predicted molar refractivity (Wildman–Crippen MR) is 112 cm³/mol. The summed E-state index contributed by atoms with van der Waals surface area (Å²) in [4.78, 5) is 17.5. The van der Waals surface area contributed by atoms with Crippen LogP contribution in [0.1, 0.15) is 46.3 Å². The molecule has 3 aromatic rings. The van der Waals surface area contributed by atoms with E-state index in [0.717, 1.165) is 42.8 Å². The lowest BCUT2D eigenvalue weighted by Gasteiger charge is -2.24. The van der Waals surface area contributed by atoms with E-state index in [-0.39, 0.29) is 16.8 Å². The molecule has 0 saturated carbocycles. The summed E-state index contributed by atoms with van der Waals surface area (Å²) in [6.07, 6.45) is 7.63. The van der Waals surface area contributed by atoms with E-state index in [1.807, 2.05) is 4.57 Å². The minimum absolute atomic E-state index is 0.219. The molecule has 0 saturated heterocycles. The van der Waals surface area contributed by atoms with Crippen molar-refractivity contribution >= 4 is 15.7 Å². The van der Waals surface area contributed by atoms with Gasteiger partial charge in [-0.25, -0.2) is 18.1 Å². The number of nitrogens with one attached hydrogen (secondary N) is 1. The van der Waals surface area contributed by atoms with Crippen LogP contribution in [0.25, 0.3) is 5.69 Å². The van der Waals surface area contributed by atoms with E-state index in [2.05, 4.69) is 15.4 Å². The number of amides is 1. The van der Waals surface area contributed by atoms with Crippen LogP contribution >= 0.6 is 0 Å². The van der Waals surface area contributed by atoms with Crippen LogP contribution < -0.4 is 5.32 Å². The van der Waals surface area contributed by atoms with Crippen LogP contribution in [-0.2, 0) is 34.1 Å². The second-order valence-electron chi connectivity index (χ2n) is 7.96. The van der Waals surface area contributed by atoms with Crippen LogP contribution in [-0.4, -0.2) is 46.5 Å². The number of carbonyl (C=O) groups excluding carboxylic acids is 1. The Bertz CT molecular complexity index is 1260. The van der Waals surface area contributed by atoms with E-state index in [4.69, 9.17) is 4.74 Å². The van der Waals surface area contributed by atoms with Gasteiger partial charge < -0.3 is 14.6 Å². The van der Waals surface area contributed by atoms with Gasteiger partial charge in [0, 0.05) is 18.4 Å². The Morgan fingerprint density at radius 1 is 1.26 bits per heavy atom. The smallest absolute Gasteiger partial charge is 0.272 e. The van der Waals surface area contributed by atoms with Gasteiger partial charge in [-0.05, 0) is 37.5 Å². The Morgan fingerprint density at radius 3 is 2.97 bits per heavy atom. The Kier molecular flexibility index (Phi) is 4.90. The van der Waals surface area contributed by atoms with Crippen LogP contribution in [0.2, 0.25) is 0 Å². The van der Waals surface area contributed by atoms with Gasteiger partial charge in [-0.2, -0.15) is 5.10 Å². The number of aromatic nitrogens is 4. The molecule has 2 aliphatic heterocycles. The molecule has 162 valence electrons. The summed E-state index contributed by atoms with van der Waals surface area (Å²) in [5.41, 5.74) is 3.73. The molecule has 0 radical (unpaired) electrons. The third-order valence-electron chi connectivity index (χ3n) is 5.82. The molecular formula is C21H23N5O4S. The van der Waals surface area contributed by atoms with Gasteiger partial charge in [0.2, 0.25) is 0 Å². The van der Waals surface area contributed by atoms with Crippen molar-refractivity contribution in [3.05, 3.63) is 59.4 Å². The SMILES string of the molecule is CS(=O)(=O)c1cccc(-n2ncc3c2COC[C@H]3NC(=O)c2ncn3c2CCCC3)c1. The van der Waals surface area contributed by atoms with Crippen molar-refractivity contribution in [2.24, 2.45) is 0 Å². The lowest BCUT2D eigenvalue weighted by Crippen LogP contribution is -2.35. The summed E-state index contributed by atoms with van der Waals surface area (Å²) in [7, 11) is -3.34. The van der Waals surface area contributed by atoms with Crippen molar-refractivity contribution < 1.29 is 17.9 Å². The van der Waals surface area contributed by atoms with Gasteiger partial charge in [-0.1, -0.05) is 6.07 Å². The number of nitrogens with zero attached hydrogens (tertiary/aromatic N) is 4. The molecule has 5 rings (SSSR count). The zero-order valence-corrected chi connectivity index (χ0v) is 17.9. The molecule has 1 aromatic carbocycles. The summed E-state index contributed by atoms with van der Waals surface area (Å²) in [5, 5.41) is 7.49. The fourth-order valence-electron chi connectivity index (χ4n) is 4.23. The summed E-state index contributed by atoms with van der Waals surface area (Å²) in [6, 6.07) is 6.26. The molecule has 0 bridgehead atoms. The Labute approximate surface area is 180 Å². The summed E-state index contributed by atoms with van der Waals surface area (Å²) in [6.45, 7) is 1.56. The first-order valence-electron chi connectivity index (χ1n) is 10.2. The van der Waals surface area contributed by atoms with E-state index in [9.17, 15) is 13.2 Å². The maximum absolute atomic E-state index is 13.0. The first-order valence-corrected chi connectivity index (χ1v) is 12.1. The average molecular weight is 442 g/mol. The molecule has 31 heavy (non-hydrogen) atoms. The fraction of sp³-hybridized carbons (Fsp3) is 0.381. The van der Waals surface area contributed by atoms with Crippen molar-refractivity contribution in [3.8, 4) is 5.69 Å². The molecule has 0 fully saturated rings. The lowest BCUT2D eigenvalue weighted by atomic mass is 10.0. The first kappa shape index (κ1) is 20.0. The van der Waals surface area contributed by atoms with Gasteiger partial charge >= 0.3 is 0 Å². The van der Waals surface area contributed by atoms with Crippen LogP contribution in [0.4, 0.5) is 0 Å². The molecule has 1 amide bonds. The Hall–Kier alpha value is -2.98. The highest BCUT2D eigenvalue weighted by Gasteiger charge is 2.29. The predicted octanol–water partition coefficient (Wildman–Crippen LogP) is 1.81. The van der Waals surface area contributed by atoms with Crippen LogP contribution in [0.5, 0.6) is 0 Å². The molecule has 0 unspecified atom stereocenters. The minimum Gasteiger partial charge on any atom is -0.373 e. The van der Waals surface area contributed by atoms with Crippen molar-refractivity contribution in [1.82, 2.24) is 24.6 Å². The number of ether oxygens (including phenoxy) is 1. The topological polar surface area (TPSA) is 108 Å². The molecule has 1 N–H and O–H groups in total. The van der Waals surface area contributed by atoms with Crippen molar-refractivity contribution in [3.63, 3.8) is 0 Å². The number of hydrogen-bond acceptors (Lipinski definition) is 6. The Balaban J connectivity index is 1.43. The van der Waals surface area contributed by atoms with Crippen molar-refractivity contribution in [1.29, 1.82) is 0 Å². The fourth-order valence-corrected chi connectivity index (χ4v) is 4.89. The molecule has 10 heteroatoms. The van der Waals surface area contributed by atoms with Crippen LogP contribution in [0.15, 0.2) is 41.7 Å². The van der Waals surface area contributed by atoms with Gasteiger partial charge in [-0.3, -0.25) is 4.79 Å². The van der Waals surface area contributed by atoms with Gasteiger partial charge in [0.15, 0.2) is 9.84 Å². The van der Waals surface area contributed by atoms with E-state index >= 15 is 0 Å². The molecule has 2 aliphatic rings. The number of aryl methyl sites for hydroxylation is 1. The van der Waals surface area contributed by atoms with Gasteiger partial charge in [-0.15, -0.1) is 0 Å². The second-order valence-corrected chi connectivity index (χ2v) is 9.98. The number of imidazole rings is 1. The molecule has 0 aliphatic carbocycles. The van der Waals surface area contributed by atoms with E-state index in [1.54, 1.807) is 41.5 Å². The minimum atomic E-state index is -3.34. The maximum atomic E-state index is 13.0. The quantitative estimate of drug-likeness (QED) is 0.662. The van der Waals surface area contributed by atoms with Crippen molar-refractivity contribution in [2.75, 3.05) is 12.9 Å². The average Bonchev–Trinajstić information content (AvgIpc) is 3.38. The van der Waals surface area contributed by atoms with Gasteiger partial charge in [0.25, 0.3) is 5.91 Å². The number of benzene rings is 1. The van der Waals surface area contributed by atoms with Gasteiger partial charge in [0.05, 0.1) is 53.8 Å². The third-order valence-corrected chi connectivity index (χ3v) is 6.93. The number of carbonyl (C=O) groups is 1. The van der Waals surface area contributed by atoms with E-state index in [0.29, 0.717) is 24.6 Å². The summed E-state index contributed by atoms with van der Waals surface area (Å²) >= 11 is 0. The highest BCUT2D eigenvalue weighted by Crippen LogP contribution is 2.28. The highest BCUT2D eigenvalue weighted by atomic mass is 32.2. The van der Waals surface area contributed by atoms with Crippen LogP contribution in [0.3, 0.4) is 0 Å². The number of sulfone groups is 1. The number of fused-ring (bicyclic) bond motifs is 2. The first-order chi connectivity index (χ1) is 14.9.